The summed E-state index contributed by atoms with van der Waals surface area (Å²) in [6, 6.07) is 24.4. The first-order valence-electron chi connectivity index (χ1n) is 13.1. The third kappa shape index (κ3) is 6.26. The van der Waals surface area contributed by atoms with Gasteiger partial charge in [-0.3, -0.25) is 14.3 Å². The van der Waals surface area contributed by atoms with Crippen LogP contribution >= 0.6 is 0 Å². The number of hydrogen-bond donors (Lipinski definition) is 1. The lowest BCUT2D eigenvalue weighted by atomic mass is 10.0. The third-order valence-corrected chi connectivity index (χ3v) is 6.60. The van der Waals surface area contributed by atoms with E-state index >= 15 is 0 Å². The van der Waals surface area contributed by atoms with Gasteiger partial charge in [0.2, 0.25) is 5.72 Å². The fourth-order valence-electron chi connectivity index (χ4n) is 4.52. The van der Waals surface area contributed by atoms with Gasteiger partial charge in [0.05, 0.1) is 16.7 Å². The van der Waals surface area contributed by atoms with E-state index in [2.05, 4.69) is 15.0 Å². The van der Waals surface area contributed by atoms with Crippen molar-refractivity contribution in [2.45, 2.75) is 24.2 Å². The minimum Gasteiger partial charge on any atom is -0.459 e. The van der Waals surface area contributed by atoms with Gasteiger partial charge < -0.3 is 18.9 Å². The Morgan fingerprint density at radius 3 is 1.86 bits per heavy atom. The number of esters is 3. The number of hydrogen-bond acceptors (Lipinski definition) is 10. The molecule has 3 aromatic carbocycles. The molecule has 0 saturated carbocycles. The average Bonchev–Trinajstić information content (AvgIpc) is 3.33. The van der Waals surface area contributed by atoms with Gasteiger partial charge in [-0.2, -0.15) is 0 Å². The molecule has 14 heteroatoms. The second kappa shape index (κ2) is 12.9. The Bertz CT molecular complexity index is 1820. The van der Waals surface area contributed by atoms with Crippen molar-refractivity contribution in [1.29, 1.82) is 0 Å². The van der Waals surface area contributed by atoms with Crippen LogP contribution in [0.4, 0.5) is 0 Å². The highest BCUT2D eigenvalue weighted by atomic mass is 16.7. The SMILES string of the molecule is [N-]=[N+]=N[C@]1(COC(=O)c2ccccc2)OC(n2ccc(=O)[nH]c2=O)C(OC(=O)c2ccccc2)C1OC(=O)c1ccccc1. The lowest BCUT2D eigenvalue weighted by molar-refractivity contribution is -0.129. The average molecular weight is 598 g/mol. The van der Waals surface area contributed by atoms with E-state index in [-0.39, 0.29) is 16.7 Å². The molecule has 0 radical (unpaired) electrons. The Labute approximate surface area is 248 Å². The Hall–Kier alpha value is -5.98. The smallest absolute Gasteiger partial charge is 0.338 e. The molecule has 3 unspecified atom stereocenters. The third-order valence-electron chi connectivity index (χ3n) is 6.60. The van der Waals surface area contributed by atoms with Crippen molar-refractivity contribution in [2.24, 2.45) is 5.11 Å². The minimum absolute atomic E-state index is 0.0846. The number of ether oxygens (including phenoxy) is 4. The van der Waals surface area contributed by atoms with Gasteiger partial charge in [0.25, 0.3) is 5.56 Å². The predicted octanol–water partition coefficient (Wildman–Crippen LogP) is 3.38. The van der Waals surface area contributed by atoms with E-state index in [9.17, 15) is 29.5 Å². The molecule has 0 bridgehead atoms. The summed E-state index contributed by atoms with van der Waals surface area (Å²) >= 11 is 0. The van der Waals surface area contributed by atoms with Crippen LogP contribution in [-0.4, -0.2) is 52.0 Å². The maximum absolute atomic E-state index is 13.3. The van der Waals surface area contributed by atoms with E-state index in [1.54, 1.807) is 54.6 Å². The highest BCUT2D eigenvalue weighted by Gasteiger charge is 2.61. The molecule has 4 aromatic rings. The van der Waals surface area contributed by atoms with Crippen molar-refractivity contribution in [1.82, 2.24) is 9.55 Å². The zero-order valence-corrected chi connectivity index (χ0v) is 22.7. The molecular weight excluding hydrogens is 574 g/mol. The summed E-state index contributed by atoms with van der Waals surface area (Å²) in [5.74, 6) is -2.67. The number of nitrogens with zero attached hydrogens (tertiary/aromatic N) is 4. The lowest BCUT2D eigenvalue weighted by Crippen LogP contribution is -2.49. The van der Waals surface area contributed by atoms with Crippen molar-refractivity contribution in [3.8, 4) is 0 Å². The van der Waals surface area contributed by atoms with E-state index in [0.717, 1.165) is 16.8 Å². The number of nitrogens with one attached hydrogen (secondary N) is 1. The van der Waals surface area contributed by atoms with Crippen molar-refractivity contribution in [3.05, 3.63) is 151 Å². The first kappa shape index (κ1) is 29.5. The van der Waals surface area contributed by atoms with Crippen LogP contribution < -0.4 is 11.2 Å². The Morgan fingerprint density at radius 2 is 1.34 bits per heavy atom. The molecule has 0 aliphatic carbocycles. The van der Waals surface area contributed by atoms with E-state index in [1.807, 2.05) is 0 Å². The fraction of sp³-hybridized carbons (Fsp3) is 0.167. The normalized spacial score (nSPS) is 20.6. The zero-order valence-electron chi connectivity index (χ0n) is 22.7. The fourth-order valence-corrected chi connectivity index (χ4v) is 4.52. The van der Waals surface area contributed by atoms with Crippen LogP contribution in [0.15, 0.2) is 118 Å². The quantitative estimate of drug-likeness (QED) is 0.0990. The van der Waals surface area contributed by atoms with E-state index in [0.29, 0.717) is 0 Å². The molecule has 44 heavy (non-hydrogen) atoms. The van der Waals surface area contributed by atoms with Crippen LogP contribution in [0.2, 0.25) is 0 Å². The van der Waals surface area contributed by atoms with E-state index in [4.69, 9.17) is 18.9 Å². The van der Waals surface area contributed by atoms with Gasteiger partial charge in [0, 0.05) is 17.2 Å². The van der Waals surface area contributed by atoms with Crippen molar-refractivity contribution in [3.63, 3.8) is 0 Å². The van der Waals surface area contributed by atoms with Gasteiger partial charge in [0.15, 0.2) is 18.4 Å². The van der Waals surface area contributed by atoms with Crippen LogP contribution in [0.3, 0.4) is 0 Å². The molecule has 1 fully saturated rings. The topological polar surface area (TPSA) is 192 Å². The summed E-state index contributed by atoms with van der Waals surface area (Å²) < 4.78 is 23.9. The summed E-state index contributed by atoms with van der Waals surface area (Å²) in [6.45, 7) is -0.828. The monoisotopic (exact) mass is 597 g/mol. The lowest BCUT2D eigenvalue weighted by Gasteiger charge is -2.29. The largest absolute Gasteiger partial charge is 0.459 e. The molecule has 1 aliphatic rings. The Morgan fingerprint density at radius 1 is 0.818 bits per heavy atom. The zero-order chi connectivity index (χ0) is 31.1. The predicted molar refractivity (Wildman–Crippen MR) is 151 cm³/mol. The van der Waals surface area contributed by atoms with E-state index in [1.165, 1.54) is 36.4 Å². The van der Waals surface area contributed by atoms with Gasteiger partial charge in [0.1, 0.15) is 6.61 Å². The first-order chi connectivity index (χ1) is 21.3. The second-order valence-electron chi connectivity index (χ2n) is 9.43. The highest BCUT2D eigenvalue weighted by molar-refractivity contribution is 5.91. The number of aromatic nitrogens is 2. The number of carbonyl (C=O) groups excluding carboxylic acids is 3. The molecule has 1 saturated heterocycles. The molecule has 0 spiro atoms. The number of rotatable bonds is 9. The van der Waals surface area contributed by atoms with Crippen LogP contribution in [-0.2, 0) is 18.9 Å². The number of benzene rings is 3. The van der Waals surface area contributed by atoms with Crippen LogP contribution in [0.1, 0.15) is 37.3 Å². The maximum atomic E-state index is 13.3. The molecular formula is C30H23N5O9. The maximum Gasteiger partial charge on any atom is 0.338 e. The molecule has 1 aliphatic heterocycles. The summed E-state index contributed by atoms with van der Waals surface area (Å²) in [5.41, 5.74) is 5.89. The highest BCUT2D eigenvalue weighted by Crippen LogP contribution is 2.42. The molecule has 1 aromatic heterocycles. The van der Waals surface area contributed by atoms with Crippen molar-refractivity contribution >= 4 is 17.9 Å². The van der Waals surface area contributed by atoms with Gasteiger partial charge in [-0.05, 0) is 41.9 Å². The van der Waals surface area contributed by atoms with Gasteiger partial charge >= 0.3 is 23.6 Å². The van der Waals surface area contributed by atoms with Gasteiger partial charge in [-0.25, -0.2) is 19.2 Å². The van der Waals surface area contributed by atoms with Gasteiger partial charge in [-0.15, -0.1) is 0 Å². The van der Waals surface area contributed by atoms with Gasteiger partial charge in [-0.1, -0.05) is 59.7 Å². The minimum atomic E-state index is -2.36. The Balaban J connectivity index is 1.61. The second-order valence-corrected chi connectivity index (χ2v) is 9.43. The molecule has 0 amide bonds. The summed E-state index contributed by atoms with van der Waals surface area (Å²) in [4.78, 5) is 69.1. The van der Waals surface area contributed by atoms with Crippen molar-refractivity contribution in [2.75, 3.05) is 6.61 Å². The first-order valence-corrected chi connectivity index (χ1v) is 13.1. The van der Waals surface area contributed by atoms with Crippen molar-refractivity contribution < 1.29 is 33.3 Å². The summed E-state index contributed by atoms with van der Waals surface area (Å²) in [7, 11) is 0. The molecule has 222 valence electrons. The van der Waals surface area contributed by atoms with Crippen LogP contribution in [0.25, 0.3) is 10.4 Å². The standard InChI is InChI=1S/C30H23N5O9/c31-34-33-30(18-41-26(37)19-10-4-1-5-11-19)24(43-28(39)21-14-8-3-9-15-21)23(42-27(38)20-12-6-2-7-13-20)25(44-30)35-17-16-22(36)32-29(35)40/h1-17,23-25H,18H2,(H,32,36,40)/t23?,24?,25?,30-/m1/s1. The molecule has 5 rings (SSSR count). The van der Waals surface area contributed by atoms with Crippen LogP contribution in [0, 0.1) is 0 Å². The van der Waals surface area contributed by atoms with Crippen LogP contribution in [0.5, 0.6) is 0 Å². The number of azide groups is 1. The number of H-pyrrole nitrogens is 1. The summed E-state index contributed by atoms with van der Waals surface area (Å²) in [5, 5.41) is 3.73. The number of carbonyl (C=O) groups is 3. The Kier molecular flexibility index (Phi) is 8.65. The summed E-state index contributed by atoms with van der Waals surface area (Å²) in [6.07, 6.45) is -4.01. The van der Waals surface area contributed by atoms with E-state index < -0.39 is 59.9 Å². The molecule has 4 atom stereocenters. The molecule has 2 heterocycles. The molecule has 1 N–H and O–H groups in total. The number of aromatic amines is 1. The molecule has 14 nitrogen and oxygen atoms in total.